The highest BCUT2D eigenvalue weighted by Gasteiger charge is 2.55. The number of benzene rings is 8. The number of phenolic OH excluding ortho intramolecular Hbond substituents is 10. The van der Waals surface area contributed by atoms with Crippen LogP contribution in [0.3, 0.4) is 0 Å². The minimum Gasteiger partial charge on any atom is -0.508 e. The Morgan fingerprint density at radius 3 is 0.897 bits per heavy atom. The fourth-order valence-corrected chi connectivity index (χ4v) is 12.0. The van der Waals surface area contributed by atoms with Gasteiger partial charge in [0.25, 0.3) is 0 Å². The first kappa shape index (κ1) is 40.8. The van der Waals surface area contributed by atoms with Gasteiger partial charge in [0.15, 0.2) is 0 Å². The molecule has 0 fully saturated rings. The monoisotopic (exact) mass is 906 g/mol. The van der Waals surface area contributed by atoms with Crippen LogP contribution < -0.4 is 9.47 Å². The van der Waals surface area contributed by atoms with E-state index in [4.69, 9.17) is 9.47 Å². The Hall–Kier alpha value is -8.64. The first-order chi connectivity index (χ1) is 32.8. The molecule has 12 nitrogen and oxygen atoms in total. The van der Waals surface area contributed by atoms with E-state index in [0.717, 1.165) is 0 Å². The van der Waals surface area contributed by atoms with E-state index in [2.05, 4.69) is 0 Å². The minimum atomic E-state index is -0.934. The summed E-state index contributed by atoms with van der Waals surface area (Å²) in [6, 6.07) is 38.3. The number of hydrogen-bond acceptors (Lipinski definition) is 12. The van der Waals surface area contributed by atoms with Crippen molar-refractivity contribution in [2.24, 2.45) is 0 Å². The third-order valence-corrected chi connectivity index (χ3v) is 14.5. The van der Waals surface area contributed by atoms with Crippen LogP contribution in [-0.2, 0) is 0 Å². The first-order valence-corrected chi connectivity index (χ1v) is 22.2. The zero-order chi connectivity index (χ0) is 46.9. The molecule has 0 aromatic heterocycles. The third kappa shape index (κ3) is 6.20. The second-order valence-electron chi connectivity index (χ2n) is 18.2. The molecule has 12 rings (SSSR count). The SMILES string of the molecule is Oc1ccc([C@@H]2c3c(O)cc(O)cc3[C@@H]3c4c(cc(O)cc4[C@H]4[C@H](c5ccc(O)cc5)c5c(O)cc(O)cc5[C@H]5c6c(cc(O)cc6[C@H]24)O[C@@H]5c2ccc(O)cc2)O[C@H]3c2ccc(O)cc2)cc1. The summed E-state index contributed by atoms with van der Waals surface area (Å²) < 4.78 is 13.8. The molecule has 68 heavy (non-hydrogen) atoms. The number of rotatable bonds is 4. The topological polar surface area (TPSA) is 221 Å². The van der Waals surface area contributed by atoms with Crippen molar-refractivity contribution in [1.29, 1.82) is 0 Å². The van der Waals surface area contributed by atoms with Crippen molar-refractivity contribution < 1.29 is 60.5 Å². The van der Waals surface area contributed by atoms with E-state index in [1.807, 2.05) is 0 Å². The summed E-state index contributed by atoms with van der Waals surface area (Å²) in [5.41, 5.74) is 6.51. The summed E-state index contributed by atoms with van der Waals surface area (Å²) in [5.74, 6) is -6.01. The molecule has 10 N–H and O–H groups in total. The third-order valence-electron chi connectivity index (χ3n) is 14.5. The lowest BCUT2D eigenvalue weighted by molar-refractivity contribution is 0.219. The van der Waals surface area contributed by atoms with Crippen molar-refractivity contribution in [3.05, 3.63) is 212 Å². The average molecular weight is 907 g/mol. The lowest BCUT2D eigenvalue weighted by Gasteiger charge is -2.46. The van der Waals surface area contributed by atoms with Gasteiger partial charge in [0.2, 0.25) is 0 Å². The molecule has 0 spiro atoms. The van der Waals surface area contributed by atoms with Crippen molar-refractivity contribution in [2.45, 2.75) is 47.7 Å². The Kier molecular flexibility index (Phi) is 8.97. The standard InChI is InChI=1S/C56H42O12/c57-29-9-1-25(2-10-29)45-47-37(17-33(61)21-41(47)65)53-50-40(20-36(64)24-44(50)68-55(53)27-5-13-31(59)14-6-27)52-46(26-3-11-30(58)12-4-26)48-38(18-34(62)22-42(48)66)54-49-39(51(45)52)19-35(63)23-43(49)67-56(54)28-7-15-32(60)16-8-28/h1-24,45-46,51-66H/t45-,46-,51-,52+,53-,54+,55+,56-/m1/s1. The fourth-order valence-electron chi connectivity index (χ4n) is 12.0. The number of hydrogen-bond donors (Lipinski definition) is 10. The lowest BCUT2D eigenvalue weighted by atomic mass is 9.55. The molecule has 338 valence electrons. The minimum absolute atomic E-state index is 0.0236. The van der Waals surface area contributed by atoms with Gasteiger partial charge < -0.3 is 60.5 Å². The quantitative estimate of drug-likeness (QED) is 0.0797. The lowest BCUT2D eigenvalue weighted by Crippen LogP contribution is -2.33. The summed E-state index contributed by atoms with van der Waals surface area (Å²) in [4.78, 5) is 0. The predicted molar refractivity (Wildman–Crippen MR) is 248 cm³/mol. The molecule has 0 radical (unpaired) electrons. The summed E-state index contributed by atoms with van der Waals surface area (Å²) in [6.45, 7) is 0. The van der Waals surface area contributed by atoms with E-state index in [0.29, 0.717) is 78.3 Å². The van der Waals surface area contributed by atoms with Gasteiger partial charge >= 0.3 is 0 Å². The van der Waals surface area contributed by atoms with E-state index in [1.165, 1.54) is 48.5 Å². The molecule has 8 aromatic carbocycles. The Morgan fingerprint density at radius 2 is 0.559 bits per heavy atom. The van der Waals surface area contributed by atoms with E-state index >= 15 is 0 Å². The molecule has 0 unspecified atom stereocenters. The molecule has 0 saturated carbocycles. The highest BCUT2D eigenvalue weighted by Crippen LogP contribution is 2.69. The van der Waals surface area contributed by atoms with E-state index in [9.17, 15) is 51.1 Å². The van der Waals surface area contributed by atoms with Crippen LogP contribution in [-0.4, -0.2) is 51.1 Å². The van der Waals surface area contributed by atoms with E-state index in [-0.39, 0.29) is 57.5 Å². The number of ether oxygens (including phenoxy) is 2. The normalized spacial score (nSPS) is 22.6. The number of phenols is 10. The molecule has 8 aromatic rings. The van der Waals surface area contributed by atoms with Crippen LogP contribution in [0, 0.1) is 0 Å². The molecule has 8 atom stereocenters. The molecule has 0 saturated heterocycles. The van der Waals surface area contributed by atoms with Gasteiger partial charge in [-0.1, -0.05) is 48.5 Å². The van der Waals surface area contributed by atoms with Crippen molar-refractivity contribution in [3.63, 3.8) is 0 Å². The van der Waals surface area contributed by atoms with Gasteiger partial charge in [-0.15, -0.1) is 0 Å². The van der Waals surface area contributed by atoms with Crippen molar-refractivity contribution in [1.82, 2.24) is 0 Å². The largest absolute Gasteiger partial charge is 0.508 e. The van der Waals surface area contributed by atoms with Crippen LogP contribution in [0.4, 0.5) is 0 Å². The molecule has 2 heterocycles. The average Bonchev–Trinajstić information content (AvgIpc) is 3.87. The first-order valence-electron chi connectivity index (χ1n) is 22.2. The Labute approximate surface area is 388 Å². The molecule has 0 bridgehead atoms. The summed E-state index contributed by atoms with van der Waals surface area (Å²) >= 11 is 0. The second-order valence-corrected chi connectivity index (χ2v) is 18.2. The molecule has 12 heteroatoms. The van der Waals surface area contributed by atoms with Crippen LogP contribution in [0.15, 0.2) is 146 Å². The molecular formula is C56H42O12. The number of fused-ring (bicyclic) bond motifs is 7. The van der Waals surface area contributed by atoms with Gasteiger partial charge in [-0.3, -0.25) is 0 Å². The van der Waals surface area contributed by atoms with Crippen LogP contribution >= 0.6 is 0 Å². The Bertz CT molecular complexity index is 3110. The van der Waals surface area contributed by atoms with Crippen molar-refractivity contribution in [2.75, 3.05) is 0 Å². The van der Waals surface area contributed by atoms with Gasteiger partial charge in [0, 0.05) is 70.2 Å². The predicted octanol–water partition coefficient (Wildman–Crippen LogP) is 10.4. The van der Waals surface area contributed by atoms with E-state index < -0.39 is 47.7 Å². The second kappa shape index (κ2) is 14.9. The highest BCUT2D eigenvalue weighted by molar-refractivity contribution is 5.71. The zero-order valence-corrected chi connectivity index (χ0v) is 35.8. The maximum Gasteiger partial charge on any atom is 0.135 e. The van der Waals surface area contributed by atoms with Gasteiger partial charge in [-0.25, -0.2) is 0 Å². The van der Waals surface area contributed by atoms with Crippen LogP contribution in [0.5, 0.6) is 69.0 Å². The van der Waals surface area contributed by atoms with Crippen molar-refractivity contribution in [3.8, 4) is 69.0 Å². The van der Waals surface area contributed by atoms with Gasteiger partial charge in [-0.2, -0.15) is 0 Å². The highest BCUT2D eigenvalue weighted by atomic mass is 16.5. The molecule has 2 aliphatic heterocycles. The van der Waals surface area contributed by atoms with Crippen LogP contribution in [0.25, 0.3) is 0 Å². The van der Waals surface area contributed by atoms with Crippen molar-refractivity contribution >= 4 is 0 Å². The Balaban J connectivity index is 1.29. The zero-order valence-electron chi connectivity index (χ0n) is 35.8. The van der Waals surface area contributed by atoms with Gasteiger partial charge in [0.05, 0.1) is 11.8 Å². The maximum absolute atomic E-state index is 12.6. The number of aromatic hydroxyl groups is 10. The fraction of sp³-hybridized carbons (Fsp3) is 0.143. The maximum atomic E-state index is 12.6. The van der Waals surface area contributed by atoms with E-state index in [1.54, 1.807) is 97.1 Å². The Morgan fingerprint density at radius 1 is 0.265 bits per heavy atom. The smallest absolute Gasteiger partial charge is 0.135 e. The summed E-state index contributed by atoms with van der Waals surface area (Å²) in [6.07, 6.45) is -1.70. The van der Waals surface area contributed by atoms with Gasteiger partial charge in [0.1, 0.15) is 81.2 Å². The van der Waals surface area contributed by atoms with Crippen LogP contribution in [0.1, 0.15) is 114 Å². The molecular weight excluding hydrogens is 865 g/mol. The van der Waals surface area contributed by atoms with Crippen LogP contribution in [0.2, 0.25) is 0 Å². The molecule has 0 amide bonds. The van der Waals surface area contributed by atoms with Gasteiger partial charge in [-0.05, 0) is 117 Å². The molecule has 2 aliphatic carbocycles. The summed E-state index contributed by atoms with van der Waals surface area (Å²) in [7, 11) is 0. The summed E-state index contributed by atoms with van der Waals surface area (Å²) in [5, 5.41) is 115. The molecule has 4 aliphatic rings.